The molecule has 1 amide bonds. The second-order valence-corrected chi connectivity index (χ2v) is 8.27. The number of thiazole rings is 1. The molecular formula is C22H28N3O2S+. The van der Waals surface area contributed by atoms with E-state index in [1.165, 1.54) is 16.0 Å². The molecule has 0 fully saturated rings. The summed E-state index contributed by atoms with van der Waals surface area (Å²) in [6, 6.07) is 13.8. The summed E-state index contributed by atoms with van der Waals surface area (Å²) in [5, 5.41) is 0.773. The van der Waals surface area contributed by atoms with Gasteiger partial charge in [-0.3, -0.25) is 9.69 Å². The van der Waals surface area contributed by atoms with E-state index in [0.29, 0.717) is 19.6 Å². The predicted molar refractivity (Wildman–Crippen MR) is 116 cm³/mol. The third-order valence-electron chi connectivity index (χ3n) is 4.77. The predicted octanol–water partition coefficient (Wildman–Crippen LogP) is 2.86. The number of aryl methyl sites for hydroxylation is 2. The lowest BCUT2D eigenvalue weighted by molar-refractivity contribution is -0.856. The molecular weight excluding hydrogens is 370 g/mol. The number of quaternary nitrogens is 1. The van der Waals surface area contributed by atoms with E-state index >= 15 is 0 Å². The summed E-state index contributed by atoms with van der Waals surface area (Å²) in [6.45, 7) is 6.04. The second kappa shape index (κ2) is 9.17. The van der Waals surface area contributed by atoms with Gasteiger partial charge in [0, 0.05) is 0 Å². The summed E-state index contributed by atoms with van der Waals surface area (Å²) in [6.07, 6.45) is 0.325. The van der Waals surface area contributed by atoms with Gasteiger partial charge in [-0.15, -0.1) is 0 Å². The molecule has 0 saturated carbocycles. The van der Waals surface area contributed by atoms with E-state index in [1.807, 2.05) is 35.2 Å². The number of nitrogens with zero attached hydrogens (tertiary/aromatic N) is 2. The number of para-hydroxylation sites is 1. The summed E-state index contributed by atoms with van der Waals surface area (Å²) in [5.41, 5.74) is 3.39. The molecule has 0 aliphatic heterocycles. The number of hydrogen-bond donors (Lipinski definition) is 1. The molecule has 0 saturated heterocycles. The topological polar surface area (TPSA) is 46.9 Å². The van der Waals surface area contributed by atoms with Gasteiger partial charge in [-0.2, -0.15) is 0 Å². The lowest BCUT2D eigenvalue weighted by atomic mass is 10.1. The summed E-state index contributed by atoms with van der Waals surface area (Å²) in [5.74, 6) is 0.830. The first-order valence-electron chi connectivity index (χ1n) is 9.59. The van der Waals surface area contributed by atoms with Crippen molar-refractivity contribution in [3.8, 4) is 5.75 Å². The molecule has 148 valence electrons. The number of carbonyl (C=O) groups is 1. The van der Waals surface area contributed by atoms with Crippen molar-refractivity contribution in [1.82, 2.24) is 4.98 Å². The molecule has 6 heteroatoms. The maximum Gasteiger partial charge on any atom is 0.232 e. The van der Waals surface area contributed by atoms with Crippen molar-refractivity contribution in [2.75, 3.05) is 38.7 Å². The quantitative estimate of drug-likeness (QED) is 0.635. The fraction of sp³-hybridized carbons (Fsp3) is 0.364. The molecule has 0 atom stereocenters. The molecule has 0 unspecified atom stereocenters. The van der Waals surface area contributed by atoms with Gasteiger partial charge < -0.3 is 9.64 Å². The average molecular weight is 399 g/mol. The van der Waals surface area contributed by atoms with Gasteiger partial charge in [-0.1, -0.05) is 35.6 Å². The van der Waals surface area contributed by atoms with Crippen LogP contribution < -0.4 is 14.5 Å². The molecule has 0 aliphatic rings. The highest BCUT2D eigenvalue weighted by Gasteiger charge is 2.21. The smallest absolute Gasteiger partial charge is 0.232 e. The number of carbonyl (C=O) groups excluding carboxylic acids is 1. The molecule has 1 aromatic heterocycles. The van der Waals surface area contributed by atoms with Gasteiger partial charge in [0.2, 0.25) is 5.91 Å². The number of amides is 1. The second-order valence-electron chi connectivity index (χ2n) is 7.26. The number of rotatable bonds is 8. The Morgan fingerprint density at radius 1 is 1.14 bits per heavy atom. The van der Waals surface area contributed by atoms with E-state index < -0.39 is 0 Å². The van der Waals surface area contributed by atoms with Crippen molar-refractivity contribution >= 4 is 32.6 Å². The monoisotopic (exact) mass is 398 g/mol. The zero-order valence-corrected chi connectivity index (χ0v) is 17.8. The Hall–Kier alpha value is -2.44. The minimum atomic E-state index is 0.0469. The minimum Gasteiger partial charge on any atom is -0.493 e. The molecule has 1 N–H and O–H groups in total. The van der Waals surface area contributed by atoms with E-state index in [9.17, 15) is 4.79 Å². The summed E-state index contributed by atoms with van der Waals surface area (Å²) >= 11 is 1.58. The van der Waals surface area contributed by atoms with E-state index in [2.05, 4.69) is 40.1 Å². The fourth-order valence-corrected chi connectivity index (χ4v) is 3.97. The maximum atomic E-state index is 13.0. The normalized spacial score (nSPS) is 11.2. The van der Waals surface area contributed by atoms with Crippen molar-refractivity contribution in [2.45, 2.75) is 20.3 Å². The Morgan fingerprint density at radius 2 is 1.89 bits per heavy atom. The molecule has 1 heterocycles. The van der Waals surface area contributed by atoms with Gasteiger partial charge in [0.1, 0.15) is 5.75 Å². The highest BCUT2D eigenvalue weighted by Crippen LogP contribution is 2.32. The van der Waals surface area contributed by atoms with Gasteiger partial charge in [0.15, 0.2) is 5.13 Å². The Balaban J connectivity index is 1.76. The first-order valence-corrected chi connectivity index (χ1v) is 10.4. The van der Waals surface area contributed by atoms with E-state index in [1.54, 1.807) is 11.3 Å². The summed E-state index contributed by atoms with van der Waals surface area (Å²) in [4.78, 5) is 20.9. The average Bonchev–Trinajstić information content (AvgIpc) is 3.10. The number of aromatic nitrogens is 1. The highest BCUT2D eigenvalue weighted by molar-refractivity contribution is 7.22. The van der Waals surface area contributed by atoms with Crippen LogP contribution in [-0.4, -0.2) is 44.7 Å². The van der Waals surface area contributed by atoms with Crippen LogP contribution in [0.5, 0.6) is 5.75 Å². The summed E-state index contributed by atoms with van der Waals surface area (Å²) in [7, 11) is 4.18. The SMILES string of the molecule is Cc1ccc2sc(N(CC[NH+](C)C)C(=O)CCOc3ccccc3)nc2c1C. The van der Waals surface area contributed by atoms with Crippen LogP contribution in [0.4, 0.5) is 5.13 Å². The minimum absolute atomic E-state index is 0.0469. The first kappa shape index (κ1) is 20.3. The molecule has 5 nitrogen and oxygen atoms in total. The fourth-order valence-electron chi connectivity index (χ4n) is 2.90. The zero-order valence-electron chi connectivity index (χ0n) is 17.0. The van der Waals surface area contributed by atoms with Crippen LogP contribution in [0.15, 0.2) is 42.5 Å². The maximum absolute atomic E-state index is 13.0. The Bertz CT molecular complexity index is 938. The number of hydrogen-bond acceptors (Lipinski definition) is 4. The van der Waals surface area contributed by atoms with Gasteiger partial charge in [-0.05, 0) is 43.2 Å². The van der Waals surface area contributed by atoms with Crippen LogP contribution in [-0.2, 0) is 4.79 Å². The van der Waals surface area contributed by atoms with Crippen molar-refractivity contribution in [1.29, 1.82) is 0 Å². The largest absolute Gasteiger partial charge is 0.493 e. The third-order valence-corrected chi connectivity index (χ3v) is 5.81. The number of fused-ring (bicyclic) bond motifs is 1. The Kier molecular flexibility index (Phi) is 6.65. The number of anilines is 1. The molecule has 0 radical (unpaired) electrons. The van der Waals surface area contributed by atoms with Gasteiger partial charge in [-0.25, -0.2) is 4.98 Å². The van der Waals surface area contributed by atoms with Crippen molar-refractivity contribution in [3.05, 3.63) is 53.6 Å². The molecule has 0 spiro atoms. The van der Waals surface area contributed by atoms with Crippen molar-refractivity contribution < 1.29 is 14.4 Å². The number of nitrogens with one attached hydrogen (secondary N) is 1. The number of ether oxygens (including phenoxy) is 1. The Labute approximate surface area is 170 Å². The number of benzene rings is 2. The standard InChI is InChI=1S/C22H27N3O2S/c1-16-10-11-19-21(17(16)2)23-22(28-19)25(14-13-24(3)4)20(26)12-15-27-18-8-6-5-7-9-18/h5-11H,12-15H2,1-4H3/p+1. The number of likely N-dealkylation sites (N-methyl/N-ethyl adjacent to an activating group) is 1. The van der Waals surface area contributed by atoms with E-state index in [4.69, 9.17) is 9.72 Å². The highest BCUT2D eigenvalue weighted by atomic mass is 32.1. The van der Waals surface area contributed by atoms with Gasteiger partial charge >= 0.3 is 0 Å². The van der Waals surface area contributed by atoms with Crippen molar-refractivity contribution in [2.24, 2.45) is 0 Å². The van der Waals surface area contributed by atoms with Crippen LogP contribution in [0.1, 0.15) is 17.5 Å². The molecule has 28 heavy (non-hydrogen) atoms. The van der Waals surface area contributed by atoms with E-state index in [0.717, 1.165) is 27.6 Å². The van der Waals surface area contributed by atoms with Crippen LogP contribution in [0, 0.1) is 13.8 Å². The van der Waals surface area contributed by atoms with Crippen LogP contribution >= 0.6 is 11.3 Å². The molecule has 0 aliphatic carbocycles. The lowest BCUT2D eigenvalue weighted by Gasteiger charge is -2.20. The summed E-state index contributed by atoms with van der Waals surface area (Å²) < 4.78 is 6.83. The van der Waals surface area contributed by atoms with Crippen LogP contribution in [0.25, 0.3) is 10.2 Å². The van der Waals surface area contributed by atoms with Crippen LogP contribution in [0.3, 0.4) is 0 Å². The lowest BCUT2D eigenvalue weighted by Crippen LogP contribution is -3.06. The van der Waals surface area contributed by atoms with Gasteiger partial charge in [0.05, 0.1) is 50.4 Å². The third kappa shape index (κ3) is 4.88. The molecule has 3 rings (SSSR count). The Morgan fingerprint density at radius 3 is 2.61 bits per heavy atom. The van der Waals surface area contributed by atoms with Crippen molar-refractivity contribution in [3.63, 3.8) is 0 Å². The van der Waals surface area contributed by atoms with Gasteiger partial charge in [0.25, 0.3) is 0 Å². The molecule has 0 bridgehead atoms. The molecule has 3 aromatic rings. The molecule has 2 aromatic carbocycles. The van der Waals surface area contributed by atoms with Crippen LogP contribution in [0.2, 0.25) is 0 Å². The first-order chi connectivity index (χ1) is 13.5. The zero-order chi connectivity index (χ0) is 20.1. The van der Waals surface area contributed by atoms with E-state index in [-0.39, 0.29) is 5.91 Å².